The lowest BCUT2D eigenvalue weighted by molar-refractivity contribution is -0.148. The van der Waals surface area contributed by atoms with Crippen LogP contribution >= 0.6 is 0 Å². The zero-order valence-corrected chi connectivity index (χ0v) is 20.3. The Hall–Kier alpha value is -2.52. The third-order valence-corrected chi connectivity index (χ3v) is 8.30. The van der Waals surface area contributed by atoms with Gasteiger partial charge < -0.3 is 4.74 Å². The van der Waals surface area contributed by atoms with E-state index < -0.39 is 16.0 Å². The van der Waals surface area contributed by atoms with Crippen molar-refractivity contribution in [3.8, 4) is 11.3 Å². The number of carbonyl (C=O) groups excluding carboxylic acids is 1. The van der Waals surface area contributed by atoms with Crippen LogP contribution in [0.25, 0.3) is 11.3 Å². The first-order chi connectivity index (χ1) is 15.7. The maximum absolute atomic E-state index is 13.3. The van der Waals surface area contributed by atoms with Crippen molar-refractivity contribution in [2.45, 2.75) is 76.8 Å². The molecule has 2 heterocycles. The monoisotopic (exact) mass is 473 g/mol. The largest absolute Gasteiger partial charge is 0.462 e. The normalized spacial score (nSPS) is 16.7. The van der Waals surface area contributed by atoms with Crippen LogP contribution in [0.4, 0.5) is 0 Å². The van der Waals surface area contributed by atoms with E-state index in [9.17, 15) is 18.0 Å². The minimum atomic E-state index is -3.61. The van der Waals surface area contributed by atoms with Crippen LogP contribution in [0.3, 0.4) is 0 Å². The van der Waals surface area contributed by atoms with Gasteiger partial charge in [-0.1, -0.05) is 12.1 Å². The van der Waals surface area contributed by atoms with Crippen molar-refractivity contribution in [1.82, 2.24) is 14.1 Å². The van der Waals surface area contributed by atoms with Crippen LogP contribution in [-0.4, -0.2) is 47.7 Å². The maximum Gasteiger partial charge on any atom is 0.328 e. The molecular weight excluding hydrogens is 442 g/mol. The van der Waals surface area contributed by atoms with E-state index in [1.54, 1.807) is 32.9 Å². The summed E-state index contributed by atoms with van der Waals surface area (Å²) in [4.78, 5) is 25.6. The van der Waals surface area contributed by atoms with Gasteiger partial charge in [-0.25, -0.2) is 13.1 Å². The van der Waals surface area contributed by atoms with Crippen LogP contribution in [0.2, 0.25) is 0 Å². The van der Waals surface area contributed by atoms with Crippen molar-refractivity contribution < 1.29 is 17.9 Å². The molecule has 2 aromatic rings. The summed E-state index contributed by atoms with van der Waals surface area (Å²) in [5.41, 5.74) is 3.13. The second kappa shape index (κ2) is 9.38. The lowest BCUT2D eigenvalue weighted by Crippen LogP contribution is -2.33. The number of fused-ring (bicyclic) bond motifs is 1. The SMILES string of the molecule is Cc1ccc(-c2nn(CC(=O)OC(C)C)c(=O)c3c2CCCC3)cc1S(=O)(=O)N1CCCC1. The summed E-state index contributed by atoms with van der Waals surface area (Å²) < 4.78 is 34.5. The molecule has 1 fully saturated rings. The molecule has 1 aromatic heterocycles. The second-order valence-corrected chi connectivity index (χ2v) is 11.0. The van der Waals surface area contributed by atoms with E-state index in [0.717, 1.165) is 31.2 Å². The van der Waals surface area contributed by atoms with Gasteiger partial charge in [-0.05, 0) is 76.5 Å². The molecule has 1 aliphatic carbocycles. The number of esters is 1. The summed E-state index contributed by atoms with van der Waals surface area (Å²) >= 11 is 0. The van der Waals surface area contributed by atoms with E-state index in [-0.39, 0.29) is 23.1 Å². The molecule has 0 atom stereocenters. The molecule has 0 saturated carbocycles. The van der Waals surface area contributed by atoms with Crippen molar-refractivity contribution >= 4 is 16.0 Å². The number of aryl methyl sites for hydroxylation is 1. The Labute approximate surface area is 194 Å². The van der Waals surface area contributed by atoms with Crippen LogP contribution in [0.1, 0.15) is 56.2 Å². The van der Waals surface area contributed by atoms with Crippen LogP contribution < -0.4 is 5.56 Å². The molecule has 9 heteroatoms. The zero-order valence-electron chi connectivity index (χ0n) is 19.5. The van der Waals surface area contributed by atoms with Gasteiger partial charge in [0.25, 0.3) is 5.56 Å². The molecule has 1 saturated heterocycles. The minimum absolute atomic E-state index is 0.269. The van der Waals surface area contributed by atoms with Gasteiger partial charge in [-0.2, -0.15) is 9.40 Å². The van der Waals surface area contributed by atoms with Gasteiger partial charge in [0.05, 0.1) is 16.7 Å². The molecule has 0 N–H and O–H groups in total. The first-order valence-electron chi connectivity index (χ1n) is 11.6. The standard InChI is InChI=1S/C24H31N3O5S/c1-16(2)32-22(28)15-27-24(29)20-9-5-4-8-19(20)23(25-27)18-11-10-17(3)21(14-18)33(30,31)26-12-6-7-13-26/h10-11,14,16H,4-9,12-13,15H2,1-3H3. The van der Waals surface area contributed by atoms with Crippen molar-refractivity contribution in [2.24, 2.45) is 0 Å². The molecule has 2 aliphatic rings. The Morgan fingerprint density at radius 1 is 1.09 bits per heavy atom. The molecule has 4 rings (SSSR count). The smallest absolute Gasteiger partial charge is 0.328 e. The quantitative estimate of drug-likeness (QED) is 0.599. The average Bonchev–Trinajstić information content (AvgIpc) is 3.31. The van der Waals surface area contributed by atoms with E-state index >= 15 is 0 Å². The molecule has 0 unspecified atom stereocenters. The molecule has 1 aromatic carbocycles. The molecule has 0 spiro atoms. The maximum atomic E-state index is 13.3. The predicted octanol–water partition coefficient (Wildman–Crippen LogP) is 2.83. The number of benzene rings is 1. The molecule has 1 aliphatic heterocycles. The highest BCUT2D eigenvalue weighted by Crippen LogP contribution is 2.32. The molecule has 33 heavy (non-hydrogen) atoms. The lowest BCUT2D eigenvalue weighted by Gasteiger charge is -2.22. The van der Waals surface area contributed by atoms with Crippen LogP contribution in [-0.2, 0) is 38.9 Å². The Balaban J connectivity index is 1.82. The number of hydrogen-bond acceptors (Lipinski definition) is 6. The third-order valence-electron chi connectivity index (χ3n) is 6.26. The predicted molar refractivity (Wildman–Crippen MR) is 125 cm³/mol. The number of ether oxygens (including phenoxy) is 1. The zero-order chi connectivity index (χ0) is 23.8. The topological polar surface area (TPSA) is 98.6 Å². The van der Waals surface area contributed by atoms with Gasteiger partial charge in [0, 0.05) is 24.2 Å². The summed E-state index contributed by atoms with van der Waals surface area (Å²) in [7, 11) is -3.61. The Morgan fingerprint density at radius 2 is 1.76 bits per heavy atom. The molecule has 8 nitrogen and oxygen atoms in total. The molecule has 0 amide bonds. The Bertz CT molecular complexity index is 1230. The van der Waals surface area contributed by atoms with Crippen LogP contribution in [0.5, 0.6) is 0 Å². The van der Waals surface area contributed by atoms with E-state index in [4.69, 9.17) is 4.74 Å². The fourth-order valence-corrected chi connectivity index (χ4v) is 6.41. The number of hydrogen-bond donors (Lipinski definition) is 0. The van der Waals surface area contributed by atoms with Crippen LogP contribution in [0.15, 0.2) is 27.9 Å². The molecular formula is C24H31N3O5S. The molecule has 178 valence electrons. The first-order valence-corrected chi connectivity index (χ1v) is 13.1. The van der Waals surface area contributed by atoms with Crippen molar-refractivity contribution in [2.75, 3.05) is 13.1 Å². The van der Waals surface area contributed by atoms with Gasteiger partial charge in [-0.15, -0.1) is 0 Å². The van der Waals surface area contributed by atoms with Crippen molar-refractivity contribution in [1.29, 1.82) is 0 Å². The van der Waals surface area contributed by atoms with Gasteiger partial charge in [-0.3, -0.25) is 9.59 Å². The number of sulfonamides is 1. The highest BCUT2D eigenvalue weighted by Gasteiger charge is 2.30. The van der Waals surface area contributed by atoms with E-state index in [1.807, 2.05) is 6.07 Å². The highest BCUT2D eigenvalue weighted by molar-refractivity contribution is 7.89. The Kier molecular flexibility index (Phi) is 6.72. The van der Waals surface area contributed by atoms with Crippen molar-refractivity contribution in [3.63, 3.8) is 0 Å². The molecule has 0 bridgehead atoms. The summed E-state index contributed by atoms with van der Waals surface area (Å²) in [6.07, 6.45) is 4.59. The fourth-order valence-electron chi connectivity index (χ4n) is 4.64. The van der Waals surface area contributed by atoms with E-state index in [1.165, 1.54) is 8.99 Å². The minimum Gasteiger partial charge on any atom is -0.462 e. The first kappa shape index (κ1) is 23.6. The van der Waals surface area contributed by atoms with E-state index in [0.29, 0.717) is 48.3 Å². The van der Waals surface area contributed by atoms with Crippen molar-refractivity contribution in [3.05, 3.63) is 45.2 Å². The lowest BCUT2D eigenvalue weighted by atomic mass is 9.89. The van der Waals surface area contributed by atoms with Crippen LogP contribution in [0, 0.1) is 6.92 Å². The summed E-state index contributed by atoms with van der Waals surface area (Å²) in [6.45, 7) is 6.08. The highest BCUT2D eigenvalue weighted by atomic mass is 32.2. The third kappa shape index (κ3) is 4.75. The van der Waals surface area contributed by atoms with Gasteiger partial charge >= 0.3 is 5.97 Å². The van der Waals surface area contributed by atoms with Gasteiger partial charge in [0.1, 0.15) is 6.54 Å². The second-order valence-electron chi connectivity index (χ2n) is 9.11. The number of nitrogens with zero attached hydrogens (tertiary/aromatic N) is 3. The van der Waals surface area contributed by atoms with Gasteiger partial charge in [0.2, 0.25) is 10.0 Å². The summed E-state index contributed by atoms with van der Waals surface area (Å²) in [6, 6.07) is 5.30. The average molecular weight is 474 g/mol. The summed E-state index contributed by atoms with van der Waals surface area (Å²) in [5.74, 6) is -0.525. The number of aromatic nitrogens is 2. The summed E-state index contributed by atoms with van der Waals surface area (Å²) in [5, 5.41) is 4.55. The fraction of sp³-hybridized carbons (Fsp3) is 0.542. The Morgan fingerprint density at radius 3 is 2.42 bits per heavy atom. The van der Waals surface area contributed by atoms with E-state index in [2.05, 4.69) is 5.10 Å². The molecule has 0 radical (unpaired) electrons. The van der Waals surface area contributed by atoms with Gasteiger partial charge in [0.15, 0.2) is 0 Å². The number of carbonyl (C=O) groups is 1. The number of rotatable bonds is 6.